The van der Waals surface area contributed by atoms with Crippen LogP contribution in [0.5, 0.6) is 0 Å². The third kappa shape index (κ3) is 8.39. The number of carbonyl (C=O) groups excluding carboxylic acids is 2. The number of sulfonamides is 1. The number of unbranched alkanes of at least 4 members (excludes halogenated alkanes) is 1. The van der Waals surface area contributed by atoms with Crippen LogP contribution in [-0.2, 0) is 30.5 Å². The molecule has 1 aromatic carbocycles. The minimum Gasteiger partial charge on any atom is -0.454 e. The second kappa shape index (κ2) is 9.70. The first kappa shape index (κ1) is 22.9. The molecule has 0 spiro atoms. The van der Waals surface area contributed by atoms with Crippen LogP contribution in [0.25, 0.3) is 0 Å². The molecular formula is C16H21F3N2O5S. The third-order valence-electron chi connectivity index (χ3n) is 3.32. The van der Waals surface area contributed by atoms with E-state index in [1.807, 2.05) is 6.92 Å². The Morgan fingerprint density at radius 1 is 1.19 bits per heavy atom. The van der Waals surface area contributed by atoms with E-state index >= 15 is 0 Å². The Kier molecular flexibility index (Phi) is 8.22. The van der Waals surface area contributed by atoms with Gasteiger partial charge in [-0.2, -0.15) is 13.2 Å². The average Bonchev–Trinajstić information content (AvgIpc) is 2.57. The van der Waals surface area contributed by atoms with Crippen LogP contribution in [0.2, 0.25) is 0 Å². The molecule has 1 amide bonds. The Morgan fingerprint density at radius 2 is 1.78 bits per heavy atom. The maximum Gasteiger partial charge on any atom is 0.416 e. The predicted molar refractivity (Wildman–Crippen MR) is 92.3 cm³/mol. The predicted octanol–water partition coefficient (Wildman–Crippen LogP) is 2.30. The number of carbonyl (C=O) groups is 2. The monoisotopic (exact) mass is 410 g/mol. The van der Waals surface area contributed by atoms with Gasteiger partial charge in [-0.25, -0.2) is 13.1 Å². The van der Waals surface area contributed by atoms with Crippen LogP contribution in [0.1, 0.15) is 32.3 Å². The Labute approximate surface area is 155 Å². The van der Waals surface area contributed by atoms with Crippen molar-refractivity contribution in [3.05, 3.63) is 29.8 Å². The van der Waals surface area contributed by atoms with Gasteiger partial charge < -0.3 is 10.1 Å². The van der Waals surface area contributed by atoms with Crippen molar-refractivity contribution in [3.8, 4) is 0 Å². The van der Waals surface area contributed by atoms with Gasteiger partial charge in [0.2, 0.25) is 10.0 Å². The largest absolute Gasteiger partial charge is 0.454 e. The number of alkyl halides is 3. The molecule has 0 bridgehead atoms. The van der Waals surface area contributed by atoms with E-state index in [1.54, 1.807) is 0 Å². The summed E-state index contributed by atoms with van der Waals surface area (Å²) in [6, 6.07) is 2.55. The number of hydrogen-bond acceptors (Lipinski definition) is 5. The topological polar surface area (TPSA) is 102 Å². The summed E-state index contributed by atoms with van der Waals surface area (Å²) in [6.07, 6.45) is -3.38. The number of amides is 1. The second-order valence-corrected chi connectivity index (χ2v) is 7.62. The van der Waals surface area contributed by atoms with Crippen molar-refractivity contribution >= 4 is 27.6 Å². The SMILES string of the molecule is CCCCS(=O)(=O)N[C@@H](C)C(=O)OCC(=O)Nc1ccc(C(F)(F)F)cc1. The summed E-state index contributed by atoms with van der Waals surface area (Å²) in [5, 5.41) is 2.27. The molecule has 0 heterocycles. The number of rotatable bonds is 9. The normalized spacial score (nSPS) is 13.1. The van der Waals surface area contributed by atoms with Crippen molar-refractivity contribution in [2.45, 2.75) is 38.9 Å². The molecule has 0 fully saturated rings. The van der Waals surface area contributed by atoms with Crippen LogP contribution in [0.4, 0.5) is 18.9 Å². The van der Waals surface area contributed by atoms with Crippen molar-refractivity contribution in [2.24, 2.45) is 0 Å². The molecule has 0 aliphatic heterocycles. The van der Waals surface area contributed by atoms with Crippen LogP contribution < -0.4 is 10.0 Å². The summed E-state index contributed by atoms with van der Waals surface area (Å²) in [7, 11) is -3.63. The second-order valence-electron chi connectivity index (χ2n) is 5.74. The molecule has 11 heteroatoms. The molecule has 152 valence electrons. The number of anilines is 1. The van der Waals surface area contributed by atoms with Gasteiger partial charge in [0.05, 0.1) is 11.3 Å². The van der Waals surface area contributed by atoms with Gasteiger partial charge in [-0.3, -0.25) is 9.59 Å². The third-order valence-corrected chi connectivity index (χ3v) is 4.86. The summed E-state index contributed by atoms with van der Waals surface area (Å²) < 4.78 is 67.6. The van der Waals surface area contributed by atoms with Gasteiger partial charge in [0.1, 0.15) is 6.04 Å². The molecule has 7 nitrogen and oxygen atoms in total. The molecule has 0 aliphatic rings. The molecule has 0 aromatic heterocycles. The van der Waals surface area contributed by atoms with Gasteiger partial charge in [-0.15, -0.1) is 0 Å². The Hall–Kier alpha value is -2.14. The molecule has 0 saturated carbocycles. The Balaban J connectivity index is 2.48. The molecule has 0 saturated heterocycles. The van der Waals surface area contributed by atoms with E-state index in [-0.39, 0.29) is 11.4 Å². The molecule has 0 radical (unpaired) electrons. The van der Waals surface area contributed by atoms with Crippen LogP contribution in [-0.4, -0.2) is 38.7 Å². The molecular weight excluding hydrogens is 389 g/mol. The number of hydrogen-bond donors (Lipinski definition) is 2. The lowest BCUT2D eigenvalue weighted by Crippen LogP contribution is -2.41. The van der Waals surface area contributed by atoms with Crippen molar-refractivity contribution in [3.63, 3.8) is 0 Å². The van der Waals surface area contributed by atoms with Crippen molar-refractivity contribution in [1.29, 1.82) is 0 Å². The molecule has 1 atom stereocenters. The molecule has 0 aliphatic carbocycles. The lowest BCUT2D eigenvalue weighted by molar-refractivity contribution is -0.148. The van der Waals surface area contributed by atoms with Gasteiger partial charge in [0.25, 0.3) is 5.91 Å². The van der Waals surface area contributed by atoms with Gasteiger partial charge in [-0.1, -0.05) is 13.3 Å². The first-order valence-corrected chi connectivity index (χ1v) is 9.73. The van der Waals surface area contributed by atoms with Gasteiger partial charge in [0, 0.05) is 5.69 Å². The Morgan fingerprint density at radius 3 is 2.30 bits per heavy atom. The maximum atomic E-state index is 12.5. The fourth-order valence-corrected chi connectivity index (χ4v) is 3.33. The average molecular weight is 410 g/mol. The summed E-state index contributed by atoms with van der Waals surface area (Å²) in [6.45, 7) is 2.39. The van der Waals surface area contributed by atoms with Crippen LogP contribution >= 0.6 is 0 Å². The quantitative estimate of drug-likeness (QED) is 0.609. The maximum absolute atomic E-state index is 12.5. The highest BCUT2D eigenvalue weighted by molar-refractivity contribution is 7.89. The molecule has 27 heavy (non-hydrogen) atoms. The zero-order chi connectivity index (χ0) is 20.7. The molecule has 1 aromatic rings. The van der Waals surface area contributed by atoms with Gasteiger partial charge in [-0.05, 0) is 37.6 Å². The summed E-state index contributed by atoms with van der Waals surface area (Å²) in [5.74, 6) is -1.85. The van der Waals surface area contributed by atoms with E-state index in [0.29, 0.717) is 12.8 Å². The van der Waals surface area contributed by atoms with Gasteiger partial charge >= 0.3 is 12.1 Å². The number of benzene rings is 1. The lowest BCUT2D eigenvalue weighted by atomic mass is 10.2. The van der Waals surface area contributed by atoms with E-state index in [9.17, 15) is 31.2 Å². The fraction of sp³-hybridized carbons (Fsp3) is 0.500. The smallest absolute Gasteiger partial charge is 0.416 e. The lowest BCUT2D eigenvalue weighted by Gasteiger charge is -2.13. The summed E-state index contributed by atoms with van der Waals surface area (Å²) >= 11 is 0. The summed E-state index contributed by atoms with van der Waals surface area (Å²) in [5.41, 5.74) is -0.770. The Bertz CT molecular complexity index is 748. The first-order chi connectivity index (χ1) is 12.4. The van der Waals surface area contributed by atoms with Crippen LogP contribution in [0, 0.1) is 0 Å². The van der Waals surface area contributed by atoms with Crippen molar-refractivity contribution < 1.29 is 35.9 Å². The molecule has 0 unspecified atom stereocenters. The van der Waals surface area contributed by atoms with E-state index in [0.717, 1.165) is 24.3 Å². The van der Waals surface area contributed by atoms with Crippen molar-refractivity contribution in [1.82, 2.24) is 4.72 Å². The standard InChI is InChI=1S/C16H21F3N2O5S/c1-3-4-9-27(24,25)21-11(2)15(23)26-10-14(22)20-13-7-5-12(6-8-13)16(17,18)19/h5-8,11,21H,3-4,9-10H2,1-2H3,(H,20,22)/t11-/m0/s1. The van der Waals surface area contributed by atoms with E-state index in [2.05, 4.69) is 10.0 Å². The van der Waals surface area contributed by atoms with Crippen molar-refractivity contribution in [2.75, 3.05) is 17.7 Å². The minimum atomic E-state index is -4.49. The molecule has 1 rings (SSSR count). The molecule has 2 N–H and O–H groups in total. The number of esters is 1. The number of halogens is 3. The van der Waals surface area contributed by atoms with E-state index < -0.39 is 46.3 Å². The van der Waals surface area contributed by atoms with E-state index in [4.69, 9.17) is 4.74 Å². The van der Waals surface area contributed by atoms with E-state index in [1.165, 1.54) is 6.92 Å². The number of nitrogens with one attached hydrogen (secondary N) is 2. The highest BCUT2D eigenvalue weighted by Gasteiger charge is 2.30. The zero-order valence-electron chi connectivity index (χ0n) is 14.8. The first-order valence-electron chi connectivity index (χ1n) is 8.08. The zero-order valence-corrected chi connectivity index (χ0v) is 15.6. The minimum absolute atomic E-state index is 0.0948. The fourth-order valence-electron chi connectivity index (χ4n) is 1.91. The highest BCUT2D eigenvalue weighted by atomic mass is 32.2. The van der Waals surface area contributed by atoms with Crippen LogP contribution in [0.15, 0.2) is 24.3 Å². The summed E-state index contributed by atoms with van der Waals surface area (Å²) in [4.78, 5) is 23.5. The van der Waals surface area contributed by atoms with Gasteiger partial charge in [0.15, 0.2) is 6.61 Å². The highest BCUT2D eigenvalue weighted by Crippen LogP contribution is 2.29. The number of ether oxygens (including phenoxy) is 1. The van der Waals surface area contributed by atoms with Crippen LogP contribution in [0.3, 0.4) is 0 Å².